The molecule has 2 aromatic rings. The van der Waals surface area contributed by atoms with Crippen LogP contribution in [0.25, 0.3) is 0 Å². The molecular weight excluding hydrogens is 330 g/mol. The Labute approximate surface area is 134 Å². The van der Waals surface area contributed by atoms with E-state index in [1.165, 1.54) is 0 Å². The molecule has 1 aromatic carbocycles. The van der Waals surface area contributed by atoms with Crippen molar-refractivity contribution in [2.24, 2.45) is 13.0 Å². The minimum atomic E-state index is 0.510. The van der Waals surface area contributed by atoms with Gasteiger partial charge in [0.05, 0.1) is 22.7 Å². The van der Waals surface area contributed by atoms with Crippen molar-refractivity contribution in [3.8, 4) is 5.75 Å². The smallest absolute Gasteiger partial charge is 0.138 e. The van der Waals surface area contributed by atoms with Gasteiger partial charge < -0.3 is 14.6 Å². The topological polar surface area (TPSA) is 39.1 Å². The molecule has 5 heteroatoms. The van der Waals surface area contributed by atoms with E-state index in [0.29, 0.717) is 12.5 Å². The Hall–Kier alpha value is -1.33. The lowest BCUT2D eigenvalue weighted by Gasteiger charge is -2.15. The third-order valence-electron chi connectivity index (χ3n) is 3.20. The van der Waals surface area contributed by atoms with Crippen molar-refractivity contribution in [1.82, 2.24) is 14.9 Å². The first kappa shape index (κ1) is 16.0. The number of aromatic nitrogens is 2. The van der Waals surface area contributed by atoms with Gasteiger partial charge >= 0.3 is 0 Å². The van der Waals surface area contributed by atoms with Crippen LogP contribution in [0.3, 0.4) is 0 Å². The fourth-order valence-electron chi connectivity index (χ4n) is 2.02. The van der Waals surface area contributed by atoms with Crippen LogP contribution in [0.15, 0.2) is 35.2 Å². The number of nitrogens with zero attached hydrogens (tertiary/aromatic N) is 2. The van der Waals surface area contributed by atoms with E-state index >= 15 is 0 Å². The Kier molecular flexibility index (Phi) is 5.82. The number of hydrogen-bond acceptors (Lipinski definition) is 3. The normalized spacial score (nSPS) is 11.1. The zero-order valence-electron chi connectivity index (χ0n) is 12.8. The quantitative estimate of drug-likeness (QED) is 0.829. The van der Waals surface area contributed by atoms with Crippen molar-refractivity contribution in [1.29, 1.82) is 0 Å². The van der Waals surface area contributed by atoms with Gasteiger partial charge in [-0.25, -0.2) is 4.98 Å². The third kappa shape index (κ3) is 4.58. The average Bonchev–Trinajstić information content (AvgIpc) is 2.83. The number of benzene rings is 1. The summed E-state index contributed by atoms with van der Waals surface area (Å²) in [5.74, 6) is 1.53. The van der Waals surface area contributed by atoms with E-state index in [-0.39, 0.29) is 0 Å². The summed E-state index contributed by atoms with van der Waals surface area (Å²) in [6.45, 7) is 6.71. The maximum atomic E-state index is 6.00. The molecule has 0 aliphatic carbocycles. The van der Waals surface area contributed by atoms with E-state index in [1.54, 1.807) is 6.33 Å². The molecule has 0 aliphatic heterocycles. The largest absolute Gasteiger partial charge is 0.486 e. The van der Waals surface area contributed by atoms with Gasteiger partial charge in [0.2, 0.25) is 0 Å². The predicted molar refractivity (Wildman–Crippen MR) is 88.2 cm³/mol. The molecule has 0 bridgehead atoms. The summed E-state index contributed by atoms with van der Waals surface area (Å²) < 4.78 is 8.95. The Morgan fingerprint density at radius 3 is 2.86 bits per heavy atom. The number of para-hydroxylation sites is 1. The molecule has 1 N–H and O–H groups in total. The van der Waals surface area contributed by atoms with Crippen LogP contribution in [0.1, 0.15) is 25.1 Å². The number of aryl methyl sites for hydroxylation is 1. The molecule has 21 heavy (non-hydrogen) atoms. The van der Waals surface area contributed by atoms with Gasteiger partial charge in [-0.05, 0) is 34.5 Å². The first-order valence-corrected chi connectivity index (χ1v) is 7.93. The lowest BCUT2D eigenvalue weighted by Crippen LogP contribution is -2.19. The molecule has 0 amide bonds. The van der Waals surface area contributed by atoms with E-state index in [9.17, 15) is 0 Å². The molecule has 0 spiro atoms. The molecule has 0 fully saturated rings. The molecule has 1 heterocycles. The summed E-state index contributed by atoms with van der Waals surface area (Å²) in [6, 6.07) is 6.13. The highest BCUT2D eigenvalue weighted by atomic mass is 79.9. The fraction of sp³-hybridized carbons (Fsp3) is 0.438. The van der Waals surface area contributed by atoms with Gasteiger partial charge in [0, 0.05) is 19.2 Å². The summed E-state index contributed by atoms with van der Waals surface area (Å²) in [7, 11) is 1.97. The van der Waals surface area contributed by atoms with Crippen molar-refractivity contribution in [2.45, 2.75) is 27.0 Å². The molecule has 0 radical (unpaired) electrons. The Morgan fingerprint density at radius 2 is 2.19 bits per heavy atom. The monoisotopic (exact) mass is 351 g/mol. The maximum absolute atomic E-state index is 6.00. The van der Waals surface area contributed by atoms with Crippen LogP contribution in [0, 0.1) is 5.92 Å². The van der Waals surface area contributed by atoms with E-state index in [4.69, 9.17) is 4.74 Å². The number of nitrogens with one attached hydrogen (secondary N) is 1. The summed E-state index contributed by atoms with van der Waals surface area (Å²) in [6.07, 6.45) is 3.61. The van der Waals surface area contributed by atoms with E-state index in [0.717, 1.165) is 34.6 Å². The van der Waals surface area contributed by atoms with Crippen LogP contribution < -0.4 is 10.1 Å². The molecule has 0 atom stereocenters. The number of ether oxygens (including phenoxy) is 1. The Balaban J connectivity index is 2.05. The summed E-state index contributed by atoms with van der Waals surface area (Å²) >= 11 is 3.58. The number of imidazole rings is 1. The maximum Gasteiger partial charge on any atom is 0.138 e. The van der Waals surface area contributed by atoms with Crippen molar-refractivity contribution in [3.05, 3.63) is 46.5 Å². The third-order valence-corrected chi connectivity index (χ3v) is 3.82. The van der Waals surface area contributed by atoms with Gasteiger partial charge in [-0.1, -0.05) is 26.0 Å². The molecule has 0 aliphatic rings. The van der Waals surface area contributed by atoms with Crippen LogP contribution >= 0.6 is 15.9 Å². The standard InChI is InChI=1S/C16H22BrN3O/c1-12(2)7-18-8-13-5-4-6-15(17)16(13)21-10-14-9-19-11-20(14)3/h4-6,9,11-12,18H,7-8,10H2,1-3H3. The summed E-state index contributed by atoms with van der Waals surface area (Å²) in [4.78, 5) is 4.11. The van der Waals surface area contributed by atoms with Crippen molar-refractivity contribution in [2.75, 3.05) is 6.54 Å². The van der Waals surface area contributed by atoms with Gasteiger partial charge in [0.1, 0.15) is 12.4 Å². The van der Waals surface area contributed by atoms with Crippen molar-refractivity contribution >= 4 is 15.9 Å². The lowest BCUT2D eigenvalue weighted by molar-refractivity contribution is 0.291. The van der Waals surface area contributed by atoms with Crippen LogP contribution in [0.4, 0.5) is 0 Å². The molecule has 0 saturated carbocycles. The molecule has 0 saturated heterocycles. The highest BCUT2D eigenvalue weighted by Gasteiger charge is 2.09. The number of rotatable bonds is 7. The highest BCUT2D eigenvalue weighted by Crippen LogP contribution is 2.29. The second kappa shape index (κ2) is 7.61. The van der Waals surface area contributed by atoms with E-state index in [1.807, 2.05) is 29.9 Å². The van der Waals surface area contributed by atoms with Crippen molar-refractivity contribution < 1.29 is 4.74 Å². The van der Waals surface area contributed by atoms with Gasteiger partial charge in [0.15, 0.2) is 0 Å². The van der Waals surface area contributed by atoms with Gasteiger partial charge in [0.25, 0.3) is 0 Å². The predicted octanol–water partition coefficient (Wildman–Crippen LogP) is 3.51. The van der Waals surface area contributed by atoms with E-state index in [2.05, 4.69) is 46.1 Å². The SMILES string of the molecule is CC(C)CNCc1cccc(Br)c1OCc1cncn1C. The van der Waals surface area contributed by atoms with Crippen molar-refractivity contribution in [3.63, 3.8) is 0 Å². The number of halogens is 1. The molecule has 2 rings (SSSR count). The molecule has 114 valence electrons. The molecule has 0 unspecified atom stereocenters. The fourth-order valence-corrected chi connectivity index (χ4v) is 2.54. The average molecular weight is 352 g/mol. The van der Waals surface area contributed by atoms with Gasteiger partial charge in [-0.15, -0.1) is 0 Å². The minimum absolute atomic E-state index is 0.510. The zero-order chi connectivity index (χ0) is 15.2. The second-order valence-electron chi connectivity index (χ2n) is 5.54. The molecular formula is C16H22BrN3O. The minimum Gasteiger partial charge on any atom is -0.486 e. The van der Waals surface area contributed by atoms with E-state index < -0.39 is 0 Å². The first-order valence-electron chi connectivity index (χ1n) is 7.14. The summed E-state index contributed by atoms with van der Waals surface area (Å²) in [5.41, 5.74) is 2.21. The van der Waals surface area contributed by atoms with Gasteiger partial charge in [-0.2, -0.15) is 0 Å². The second-order valence-corrected chi connectivity index (χ2v) is 6.39. The Bertz CT molecular complexity index is 581. The van der Waals surface area contributed by atoms with Crippen LogP contribution in [-0.4, -0.2) is 16.1 Å². The highest BCUT2D eigenvalue weighted by molar-refractivity contribution is 9.10. The molecule has 4 nitrogen and oxygen atoms in total. The first-order chi connectivity index (χ1) is 10.1. The zero-order valence-corrected chi connectivity index (χ0v) is 14.4. The Morgan fingerprint density at radius 1 is 1.38 bits per heavy atom. The summed E-state index contributed by atoms with van der Waals surface area (Å²) in [5, 5.41) is 3.45. The number of hydrogen-bond donors (Lipinski definition) is 1. The lowest BCUT2D eigenvalue weighted by atomic mass is 10.2. The van der Waals surface area contributed by atoms with Crippen LogP contribution in [0.2, 0.25) is 0 Å². The van der Waals surface area contributed by atoms with Crippen LogP contribution in [0.5, 0.6) is 5.75 Å². The van der Waals surface area contributed by atoms with Gasteiger partial charge in [-0.3, -0.25) is 0 Å². The molecule has 1 aromatic heterocycles. The van der Waals surface area contributed by atoms with Crippen LogP contribution in [-0.2, 0) is 20.2 Å².